The molecule has 0 bridgehead atoms. The summed E-state index contributed by atoms with van der Waals surface area (Å²) in [4.78, 5) is 25.7. The van der Waals surface area contributed by atoms with Crippen molar-refractivity contribution < 1.29 is 9.53 Å². The van der Waals surface area contributed by atoms with E-state index in [0.717, 1.165) is 30.3 Å². The summed E-state index contributed by atoms with van der Waals surface area (Å²) in [5.74, 6) is 0.841. The van der Waals surface area contributed by atoms with Gasteiger partial charge >= 0.3 is 0 Å². The van der Waals surface area contributed by atoms with E-state index in [9.17, 15) is 4.79 Å². The molecule has 0 unspecified atom stereocenters. The Morgan fingerprint density at radius 3 is 2.92 bits per heavy atom. The van der Waals surface area contributed by atoms with E-state index in [-0.39, 0.29) is 12.0 Å². The Balaban J connectivity index is 1.49. The topological polar surface area (TPSA) is 58.6 Å². The number of morpholine rings is 1. The number of ether oxygens (including phenoxy) is 1. The Kier molecular flexibility index (Phi) is 4.44. The van der Waals surface area contributed by atoms with E-state index in [4.69, 9.17) is 4.74 Å². The van der Waals surface area contributed by atoms with Gasteiger partial charge in [-0.15, -0.1) is 0 Å². The van der Waals surface area contributed by atoms with Gasteiger partial charge in [-0.2, -0.15) is 11.3 Å². The van der Waals surface area contributed by atoms with Gasteiger partial charge in [-0.1, -0.05) is 0 Å². The van der Waals surface area contributed by atoms with Crippen LogP contribution in [0.1, 0.15) is 35.0 Å². The highest BCUT2D eigenvalue weighted by Gasteiger charge is 2.28. The Morgan fingerprint density at radius 2 is 2.12 bits per heavy atom. The zero-order valence-electron chi connectivity index (χ0n) is 13.4. The quantitative estimate of drug-likeness (QED) is 0.855. The molecular formula is C17H20N4O2S. The van der Waals surface area contributed by atoms with Gasteiger partial charge in [0.2, 0.25) is 5.95 Å². The Bertz CT molecular complexity index is 700. The van der Waals surface area contributed by atoms with Crippen molar-refractivity contribution >= 4 is 23.2 Å². The fourth-order valence-electron chi connectivity index (χ4n) is 3.19. The second kappa shape index (κ2) is 6.86. The van der Waals surface area contributed by atoms with Crippen LogP contribution in [0.15, 0.2) is 29.1 Å². The number of rotatable bonds is 3. The van der Waals surface area contributed by atoms with Crippen molar-refractivity contribution in [3.05, 3.63) is 40.3 Å². The standard InChI is InChI=1S/C17H20N4O2S/c22-16(13-4-10-24-12-13)21-8-9-23-15(11-21)14-3-5-18-17(19-14)20-6-1-2-7-20/h3-5,10,12,15H,1-2,6-9,11H2/t15-/m0/s1. The van der Waals surface area contributed by atoms with Gasteiger partial charge in [-0.05, 0) is 30.4 Å². The molecule has 0 N–H and O–H groups in total. The summed E-state index contributed by atoms with van der Waals surface area (Å²) in [6.07, 6.45) is 3.98. The second-order valence-corrected chi connectivity index (χ2v) is 6.88. The Labute approximate surface area is 145 Å². The van der Waals surface area contributed by atoms with Crippen LogP contribution in [0, 0.1) is 0 Å². The maximum atomic E-state index is 12.5. The molecule has 126 valence electrons. The molecule has 4 heterocycles. The summed E-state index contributed by atoms with van der Waals surface area (Å²) < 4.78 is 5.88. The minimum Gasteiger partial charge on any atom is -0.368 e. The van der Waals surface area contributed by atoms with Crippen LogP contribution >= 0.6 is 11.3 Å². The van der Waals surface area contributed by atoms with Gasteiger partial charge in [0.25, 0.3) is 5.91 Å². The fourth-order valence-corrected chi connectivity index (χ4v) is 3.82. The molecular weight excluding hydrogens is 324 g/mol. The van der Waals surface area contributed by atoms with E-state index in [1.54, 1.807) is 17.5 Å². The first-order valence-corrected chi connectivity index (χ1v) is 9.26. The van der Waals surface area contributed by atoms with Gasteiger partial charge in [0, 0.05) is 31.2 Å². The molecule has 0 saturated carbocycles. The fraction of sp³-hybridized carbons (Fsp3) is 0.471. The highest BCUT2D eigenvalue weighted by Crippen LogP contribution is 2.24. The number of hydrogen-bond acceptors (Lipinski definition) is 6. The summed E-state index contributed by atoms with van der Waals surface area (Å²) in [5.41, 5.74) is 1.61. The molecule has 4 rings (SSSR count). The number of anilines is 1. The molecule has 2 saturated heterocycles. The molecule has 0 aromatic carbocycles. The Morgan fingerprint density at radius 1 is 1.25 bits per heavy atom. The molecule has 0 spiro atoms. The molecule has 1 atom stereocenters. The summed E-state index contributed by atoms with van der Waals surface area (Å²) >= 11 is 1.54. The second-order valence-electron chi connectivity index (χ2n) is 6.10. The van der Waals surface area contributed by atoms with Crippen molar-refractivity contribution in [2.45, 2.75) is 18.9 Å². The number of hydrogen-bond donors (Lipinski definition) is 0. The molecule has 2 aromatic heterocycles. The van der Waals surface area contributed by atoms with E-state index in [0.29, 0.717) is 19.7 Å². The lowest BCUT2D eigenvalue weighted by atomic mass is 10.2. The summed E-state index contributed by atoms with van der Waals surface area (Å²) in [6.45, 7) is 3.71. The van der Waals surface area contributed by atoms with Gasteiger partial charge in [0.1, 0.15) is 6.10 Å². The molecule has 2 aromatic rings. The van der Waals surface area contributed by atoms with Crippen LogP contribution < -0.4 is 4.90 Å². The largest absolute Gasteiger partial charge is 0.368 e. The van der Waals surface area contributed by atoms with Crippen molar-refractivity contribution in [2.24, 2.45) is 0 Å². The lowest BCUT2D eigenvalue weighted by Crippen LogP contribution is -2.42. The van der Waals surface area contributed by atoms with E-state index < -0.39 is 0 Å². The van der Waals surface area contributed by atoms with Crippen LogP contribution in [0.5, 0.6) is 0 Å². The number of carbonyl (C=O) groups is 1. The van der Waals surface area contributed by atoms with Gasteiger partial charge in [0.05, 0.1) is 24.4 Å². The van der Waals surface area contributed by atoms with Crippen LogP contribution in [0.4, 0.5) is 5.95 Å². The molecule has 7 heteroatoms. The molecule has 0 radical (unpaired) electrons. The smallest absolute Gasteiger partial charge is 0.254 e. The summed E-state index contributed by atoms with van der Waals surface area (Å²) in [7, 11) is 0. The Hall–Kier alpha value is -1.99. The number of aromatic nitrogens is 2. The average Bonchev–Trinajstić information content (AvgIpc) is 3.35. The van der Waals surface area contributed by atoms with Crippen LogP contribution in [0.3, 0.4) is 0 Å². The van der Waals surface area contributed by atoms with Gasteiger partial charge in [-0.25, -0.2) is 9.97 Å². The zero-order chi connectivity index (χ0) is 16.4. The van der Waals surface area contributed by atoms with Crippen LogP contribution in [-0.4, -0.2) is 53.6 Å². The molecule has 24 heavy (non-hydrogen) atoms. The molecule has 2 fully saturated rings. The van der Waals surface area contributed by atoms with Gasteiger partial charge in [-0.3, -0.25) is 4.79 Å². The third-order valence-corrected chi connectivity index (χ3v) is 5.19. The van der Waals surface area contributed by atoms with Gasteiger partial charge in [0.15, 0.2) is 0 Å². The van der Waals surface area contributed by atoms with Crippen LogP contribution in [0.25, 0.3) is 0 Å². The number of nitrogens with zero attached hydrogens (tertiary/aromatic N) is 4. The van der Waals surface area contributed by atoms with Gasteiger partial charge < -0.3 is 14.5 Å². The molecule has 1 amide bonds. The number of carbonyl (C=O) groups excluding carboxylic acids is 1. The van der Waals surface area contributed by atoms with E-state index in [1.165, 1.54) is 12.8 Å². The highest BCUT2D eigenvalue weighted by atomic mass is 32.1. The monoisotopic (exact) mass is 344 g/mol. The molecule has 0 aliphatic carbocycles. The average molecular weight is 344 g/mol. The van der Waals surface area contributed by atoms with Crippen molar-refractivity contribution in [3.63, 3.8) is 0 Å². The lowest BCUT2D eigenvalue weighted by Gasteiger charge is -2.32. The first-order valence-electron chi connectivity index (χ1n) is 8.32. The molecule has 2 aliphatic heterocycles. The highest BCUT2D eigenvalue weighted by molar-refractivity contribution is 7.08. The third-order valence-electron chi connectivity index (χ3n) is 4.50. The van der Waals surface area contributed by atoms with E-state index >= 15 is 0 Å². The van der Waals surface area contributed by atoms with Crippen LogP contribution in [-0.2, 0) is 4.74 Å². The maximum Gasteiger partial charge on any atom is 0.254 e. The van der Waals surface area contributed by atoms with E-state index in [1.807, 2.05) is 27.8 Å². The van der Waals surface area contributed by atoms with Crippen molar-refractivity contribution in [2.75, 3.05) is 37.7 Å². The molecule has 2 aliphatic rings. The minimum atomic E-state index is -0.189. The van der Waals surface area contributed by atoms with E-state index in [2.05, 4.69) is 14.9 Å². The minimum absolute atomic E-state index is 0.0679. The normalized spacial score (nSPS) is 21.2. The first-order chi connectivity index (χ1) is 11.8. The lowest BCUT2D eigenvalue weighted by molar-refractivity contribution is -0.0247. The van der Waals surface area contributed by atoms with Crippen LogP contribution in [0.2, 0.25) is 0 Å². The SMILES string of the molecule is O=C(c1ccsc1)N1CCO[C@H](c2ccnc(N3CCCC3)n2)C1. The van der Waals surface area contributed by atoms with Crippen molar-refractivity contribution in [1.82, 2.24) is 14.9 Å². The number of thiophene rings is 1. The predicted octanol–water partition coefficient (Wildman–Crippen LogP) is 2.35. The van der Waals surface area contributed by atoms with Crippen molar-refractivity contribution in [1.29, 1.82) is 0 Å². The summed E-state index contributed by atoms with van der Waals surface area (Å²) in [6, 6.07) is 3.76. The first kappa shape index (κ1) is 15.5. The van der Waals surface area contributed by atoms with Crippen molar-refractivity contribution in [3.8, 4) is 0 Å². The molecule has 6 nitrogen and oxygen atoms in total. The predicted molar refractivity (Wildman–Crippen MR) is 92.4 cm³/mol. The third kappa shape index (κ3) is 3.14. The maximum absolute atomic E-state index is 12.5. The zero-order valence-corrected chi connectivity index (χ0v) is 14.2. The summed E-state index contributed by atoms with van der Waals surface area (Å²) in [5, 5.41) is 3.82. The number of amides is 1.